The maximum absolute atomic E-state index is 12.8. The number of ether oxygens (including phenoxy) is 1. The van der Waals surface area contributed by atoms with E-state index >= 15 is 0 Å². The van der Waals surface area contributed by atoms with E-state index in [9.17, 15) is 4.79 Å². The molecule has 0 fully saturated rings. The molecular formula is C23H32N2O2. The summed E-state index contributed by atoms with van der Waals surface area (Å²) in [7, 11) is 1.64. The summed E-state index contributed by atoms with van der Waals surface area (Å²) in [6, 6.07) is 9.82. The maximum atomic E-state index is 12.8. The number of rotatable bonds is 5. The lowest BCUT2D eigenvalue weighted by Crippen LogP contribution is -2.32. The molecule has 2 aromatic rings. The van der Waals surface area contributed by atoms with Crippen LogP contribution >= 0.6 is 0 Å². The molecule has 0 aliphatic carbocycles. The van der Waals surface area contributed by atoms with Gasteiger partial charge in [0.05, 0.1) is 12.8 Å². The number of benzene rings is 2. The highest BCUT2D eigenvalue weighted by atomic mass is 16.5. The van der Waals surface area contributed by atoms with Gasteiger partial charge >= 0.3 is 0 Å². The molecule has 2 rings (SSSR count). The fraction of sp³-hybridized carbons (Fsp3) is 0.435. The first-order valence-electron chi connectivity index (χ1n) is 9.36. The number of nitrogens with one attached hydrogen (secondary N) is 2. The van der Waals surface area contributed by atoms with Crippen LogP contribution in [0.4, 0.5) is 11.4 Å². The van der Waals surface area contributed by atoms with E-state index in [4.69, 9.17) is 4.74 Å². The second-order valence-corrected chi connectivity index (χ2v) is 8.29. The Morgan fingerprint density at radius 2 is 1.63 bits per heavy atom. The van der Waals surface area contributed by atoms with E-state index < -0.39 is 6.04 Å². The Labute approximate surface area is 163 Å². The summed E-state index contributed by atoms with van der Waals surface area (Å²) >= 11 is 0. The Kier molecular flexibility index (Phi) is 6.19. The Balaban J connectivity index is 2.22. The number of methoxy groups -OCH3 is 1. The van der Waals surface area contributed by atoms with Gasteiger partial charge in [0.1, 0.15) is 11.8 Å². The molecule has 0 saturated heterocycles. The molecule has 2 N–H and O–H groups in total. The molecular weight excluding hydrogens is 336 g/mol. The van der Waals surface area contributed by atoms with Crippen molar-refractivity contribution in [2.24, 2.45) is 0 Å². The summed E-state index contributed by atoms with van der Waals surface area (Å²) in [6.07, 6.45) is 0. The molecule has 0 heterocycles. The van der Waals surface area contributed by atoms with E-state index in [0.717, 1.165) is 28.3 Å². The van der Waals surface area contributed by atoms with Crippen molar-refractivity contribution in [3.8, 4) is 5.75 Å². The zero-order valence-corrected chi connectivity index (χ0v) is 17.8. The van der Waals surface area contributed by atoms with Crippen molar-refractivity contribution in [1.29, 1.82) is 0 Å². The van der Waals surface area contributed by atoms with Crippen LogP contribution in [0.2, 0.25) is 0 Å². The predicted octanol–water partition coefficient (Wildman–Crippen LogP) is 5.36. The van der Waals surface area contributed by atoms with Crippen LogP contribution < -0.4 is 15.4 Å². The molecule has 0 unspecified atom stereocenters. The van der Waals surface area contributed by atoms with Gasteiger partial charge in [0, 0.05) is 5.69 Å². The van der Waals surface area contributed by atoms with Gasteiger partial charge in [-0.25, -0.2) is 0 Å². The molecule has 2 aromatic carbocycles. The van der Waals surface area contributed by atoms with E-state index in [1.807, 2.05) is 26.8 Å². The molecule has 4 nitrogen and oxygen atoms in total. The Morgan fingerprint density at radius 1 is 1.04 bits per heavy atom. The van der Waals surface area contributed by atoms with Crippen LogP contribution in [0.15, 0.2) is 30.3 Å². The molecule has 1 atom stereocenters. The Morgan fingerprint density at radius 3 is 2.15 bits per heavy atom. The first-order valence-corrected chi connectivity index (χ1v) is 9.36. The molecule has 0 aromatic heterocycles. The Hall–Kier alpha value is -2.49. The highest BCUT2D eigenvalue weighted by Gasteiger charge is 2.20. The fourth-order valence-corrected chi connectivity index (χ4v) is 3.19. The van der Waals surface area contributed by atoms with Gasteiger partial charge < -0.3 is 15.4 Å². The Bertz CT molecular complexity index is 812. The van der Waals surface area contributed by atoms with Crippen molar-refractivity contribution < 1.29 is 9.53 Å². The highest BCUT2D eigenvalue weighted by molar-refractivity contribution is 5.97. The lowest BCUT2D eigenvalue weighted by molar-refractivity contribution is -0.116. The molecule has 0 saturated carbocycles. The van der Waals surface area contributed by atoms with E-state index in [2.05, 4.69) is 62.6 Å². The molecule has 4 heteroatoms. The highest BCUT2D eigenvalue weighted by Crippen LogP contribution is 2.32. The van der Waals surface area contributed by atoms with Gasteiger partial charge in [-0.1, -0.05) is 44.5 Å². The minimum atomic E-state index is -0.408. The standard InChI is InChI=1S/C23H32N2O2/c1-14-11-15(2)21(16(3)12-14)25-22(26)17(4)24-19-13-18(23(5,6)7)9-10-20(19)27-8/h9-13,17,24H,1-8H3,(H,25,26)/t17-/m0/s1. The number of aryl methyl sites for hydroxylation is 3. The van der Waals surface area contributed by atoms with Crippen molar-refractivity contribution in [3.05, 3.63) is 52.6 Å². The van der Waals surface area contributed by atoms with Crippen LogP contribution in [0.25, 0.3) is 0 Å². The lowest BCUT2D eigenvalue weighted by Gasteiger charge is -2.23. The molecule has 146 valence electrons. The van der Waals surface area contributed by atoms with Crippen molar-refractivity contribution >= 4 is 17.3 Å². The van der Waals surface area contributed by atoms with Crippen LogP contribution in [0.5, 0.6) is 5.75 Å². The van der Waals surface area contributed by atoms with Crippen molar-refractivity contribution in [3.63, 3.8) is 0 Å². The fourth-order valence-electron chi connectivity index (χ4n) is 3.19. The normalized spacial score (nSPS) is 12.4. The average molecular weight is 369 g/mol. The smallest absolute Gasteiger partial charge is 0.246 e. The molecule has 0 aliphatic heterocycles. The third-order valence-corrected chi connectivity index (χ3v) is 4.76. The van der Waals surface area contributed by atoms with E-state index in [-0.39, 0.29) is 11.3 Å². The summed E-state index contributed by atoms with van der Waals surface area (Å²) < 4.78 is 5.47. The van der Waals surface area contributed by atoms with Gasteiger partial charge in [-0.2, -0.15) is 0 Å². The number of carbonyl (C=O) groups excluding carboxylic acids is 1. The number of hydrogen-bond acceptors (Lipinski definition) is 3. The zero-order chi connectivity index (χ0) is 20.4. The summed E-state index contributed by atoms with van der Waals surface area (Å²) in [5, 5.41) is 6.37. The van der Waals surface area contributed by atoms with Crippen molar-refractivity contribution in [2.45, 2.75) is 59.9 Å². The van der Waals surface area contributed by atoms with E-state index in [1.54, 1.807) is 7.11 Å². The first-order chi connectivity index (χ1) is 12.5. The summed E-state index contributed by atoms with van der Waals surface area (Å²) in [4.78, 5) is 12.8. The molecule has 1 amide bonds. The first kappa shape index (κ1) is 20.8. The zero-order valence-electron chi connectivity index (χ0n) is 17.8. The van der Waals surface area contributed by atoms with Crippen molar-refractivity contribution in [2.75, 3.05) is 17.7 Å². The van der Waals surface area contributed by atoms with Gasteiger partial charge in [-0.3, -0.25) is 4.79 Å². The molecule has 27 heavy (non-hydrogen) atoms. The van der Waals surface area contributed by atoms with Crippen LogP contribution in [0.3, 0.4) is 0 Å². The summed E-state index contributed by atoms with van der Waals surface area (Å²) in [5.74, 6) is 0.651. The van der Waals surface area contributed by atoms with Crippen LogP contribution in [-0.4, -0.2) is 19.1 Å². The quantitative estimate of drug-likeness (QED) is 0.747. The average Bonchev–Trinajstić information content (AvgIpc) is 2.56. The molecule has 0 aliphatic rings. The SMILES string of the molecule is COc1ccc(C(C)(C)C)cc1N[C@@H](C)C(=O)Nc1c(C)cc(C)cc1C. The minimum absolute atomic E-state index is 0.0182. The second kappa shape index (κ2) is 8.03. The molecule has 0 bridgehead atoms. The van der Waals surface area contributed by atoms with Gasteiger partial charge in [0.25, 0.3) is 0 Å². The number of anilines is 2. The molecule has 0 radical (unpaired) electrons. The summed E-state index contributed by atoms with van der Waals surface area (Å²) in [5.41, 5.74) is 6.24. The maximum Gasteiger partial charge on any atom is 0.246 e. The second-order valence-electron chi connectivity index (χ2n) is 8.29. The van der Waals surface area contributed by atoms with Gasteiger partial charge in [0.2, 0.25) is 5.91 Å². The number of carbonyl (C=O) groups is 1. The van der Waals surface area contributed by atoms with Gasteiger partial charge in [-0.05, 0) is 61.9 Å². The third-order valence-electron chi connectivity index (χ3n) is 4.76. The van der Waals surface area contributed by atoms with Crippen LogP contribution in [0, 0.1) is 20.8 Å². The van der Waals surface area contributed by atoms with Crippen LogP contribution in [-0.2, 0) is 10.2 Å². The number of amides is 1. The van der Waals surface area contributed by atoms with Crippen LogP contribution in [0.1, 0.15) is 49.9 Å². The topological polar surface area (TPSA) is 50.4 Å². The minimum Gasteiger partial charge on any atom is -0.495 e. The third kappa shape index (κ3) is 5.03. The lowest BCUT2D eigenvalue weighted by atomic mass is 9.86. The largest absolute Gasteiger partial charge is 0.495 e. The van der Waals surface area contributed by atoms with E-state index in [0.29, 0.717) is 0 Å². The molecule has 0 spiro atoms. The van der Waals surface area contributed by atoms with Gasteiger partial charge in [-0.15, -0.1) is 0 Å². The summed E-state index contributed by atoms with van der Waals surface area (Å²) in [6.45, 7) is 14.4. The monoisotopic (exact) mass is 368 g/mol. The number of hydrogen-bond donors (Lipinski definition) is 2. The van der Waals surface area contributed by atoms with Crippen molar-refractivity contribution in [1.82, 2.24) is 0 Å². The van der Waals surface area contributed by atoms with E-state index in [1.165, 1.54) is 11.1 Å². The predicted molar refractivity (Wildman–Crippen MR) is 114 cm³/mol. The van der Waals surface area contributed by atoms with Gasteiger partial charge in [0.15, 0.2) is 0 Å².